The molecule has 1 saturated heterocycles. The van der Waals surface area contributed by atoms with Crippen LogP contribution in [0.5, 0.6) is 0 Å². The lowest BCUT2D eigenvalue weighted by molar-refractivity contribution is -0.134. The number of carbonyl (C=O) groups excluding carboxylic acids is 2. The summed E-state index contributed by atoms with van der Waals surface area (Å²) in [7, 11) is -3.31. The van der Waals surface area contributed by atoms with E-state index in [4.69, 9.17) is 4.74 Å². The van der Waals surface area contributed by atoms with Gasteiger partial charge in [0.1, 0.15) is 23.9 Å². The Morgan fingerprint density at radius 1 is 1.26 bits per heavy atom. The molecule has 11 heteroatoms. The maximum absolute atomic E-state index is 14.0. The Labute approximate surface area is 205 Å². The average molecular weight is 514 g/mol. The number of hydrogen-bond donors (Lipinski definition) is 1. The zero-order valence-corrected chi connectivity index (χ0v) is 21.9. The molecule has 2 amide bonds. The third-order valence-corrected chi connectivity index (χ3v) is 7.83. The number of nitrogens with one attached hydrogen (secondary N) is 1. The molecule has 1 aliphatic heterocycles. The lowest BCUT2D eigenvalue weighted by Crippen LogP contribution is -2.58. The van der Waals surface area contributed by atoms with Crippen LogP contribution in [0.25, 0.3) is 0 Å². The maximum Gasteiger partial charge on any atom is 0.408 e. The second kappa shape index (κ2) is 10.5. The van der Waals surface area contributed by atoms with Gasteiger partial charge in [-0.3, -0.25) is 4.79 Å². The molecule has 0 saturated carbocycles. The predicted octanol–water partition coefficient (Wildman–Crippen LogP) is 3.46. The molecule has 0 spiro atoms. The molecule has 0 bridgehead atoms. The van der Waals surface area contributed by atoms with Crippen molar-refractivity contribution >= 4 is 33.6 Å². The van der Waals surface area contributed by atoms with Gasteiger partial charge in [-0.05, 0) is 52.3 Å². The molecule has 1 aromatic rings. The fourth-order valence-electron chi connectivity index (χ4n) is 3.46. The van der Waals surface area contributed by atoms with E-state index < -0.39 is 50.4 Å². The Bertz CT molecular complexity index is 1050. The van der Waals surface area contributed by atoms with E-state index in [-0.39, 0.29) is 17.9 Å². The molecular weight excluding hydrogens is 481 g/mol. The summed E-state index contributed by atoms with van der Waals surface area (Å²) in [6.45, 7) is 8.42. The number of halogens is 1. The summed E-state index contributed by atoms with van der Waals surface area (Å²) in [5.74, 6) is -0.132. The van der Waals surface area contributed by atoms with Gasteiger partial charge in [0, 0.05) is 23.2 Å². The summed E-state index contributed by atoms with van der Waals surface area (Å²) >= 11 is 1.37. The highest BCUT2D eigenvalue weighted by atomic mass is 32.2. The van der Waals surface area contributed by atoms with Crippen LogP contribution in [0.1, 0.15) is 46.6 Å². The number of carbonyl (C=O) groups is 2. The minimum atomic E-state index is -3.31. The lowest BCUT2D eigenvalue weighted by Gasteiger charge is -2.36. The normalized spacial score (nSPS) is 19.9. The van der Waals surface area contributed by atoms with E-state index in [9.17, 15) is 27.7 Å². The Balaban J connectivity index is 2.25. The summed E-state index contributed by atoms with van der Waals surface area (Å²) < 4.78 is 41.8. The van der Waals surface area contributed by atoms with Gasteiger partial charge in [-0.1, -0.05) is 12.1 Å². The van der Waals surface area contributed by atoms with Crippen molar-refractivity contribution in [3.8, 4) is 6.07 Å². The van der Waals surface area contributed by atoms with Gasteiger partial charge in [-0.25, -0.2) is 17.6 Å². The third kappa shape index (κ3) is 7.60. The van der Waals surface area contributed by atoms with Crippen molar-refractivity contribution in [2.24, 2.45) is 0 Å². The highest BCUT2D eigenvalue weighted by Crippen LogP contribution is 2.34. The van der Waals surface area contributed by atoms with Gasteiger partial charge in [0.2, 0.25) is 5.91 Å². The fourth-order valence-corrected chi connectivity index (χ4v) is 5.15. The molecule has 8 nitrogen and oxygen atoms in total. The van der Waals surface area contributed by atoms with Crippen molar-refractivity contribution < 1.29 is 27.1 Å². The number of likely N-dealkylation sites (tertiary alicyclic amines) is 1. The first kappa shape index (κ1) is 27.9. The second-order valence-corrected chi connectivity index (χ2v) is 13.5. The first-order chi connectivity index (χ1) is 15.5. The Hall–Kier alpha value is -2.32. The molecule has 188 valence electrons. The maximum atomic E-state index is 14.0. The van der Waals surface area contributed by atoms with Crippen LogP contribution in [0.15, 0.2) is 29.2 Å². The summed E-state index contributed by atoms with van der Waals surface area (Å²) in [6.07, 6.45) is -1.03. The van der Waals surface area contributed by atoms with Crippen molar-refractivity contribution in [3.63, 3.8) is 0 Å². The number of amides is 2. The van der Waals surface area contributed by atoms with E-state index in [0.717, 1.165) is 11.8 Å². The van der Waals surface area contributed by atoms with Crippen LogP contribution in [0, 0.1) is 11.3 Å². The van der Waals surface area contributed by atoms with Gasteiger partial charge in [0.05, 0.1) is 17.5 Å². The molecule has 1 aromatic carbocycles. The van der Waals surface area contributed by atoms with E-state index in [1.807, 2.05) is 6.07 Å². The van der Waals surface area contributed by atoms with Crippen LogP contribution >= 0.6 is 11.8 Å². The standard InChI is InChI=1S/C23H32FN3O5S2/c1-22(2,3)32-21(29)26-19(20(28)27-13-16(24)11-17(27)12-25)23(4,5)33-14-15-7-9-18(10-8-15)34(6,30)31/h7-10,16-17,19H,11,13-14H2,1-6H3,(H,26,29)/t16-,17-,19+/m0/s1. The molecular formula is C23H32FN3O5S2. The number of hydrogen-bond acceptors (Lipinski definition) is 7. The first-order valence-corrected chi connectivity index (χ1v) is 13.7. The minimum Gasteiger partial charge on any atom is -0.444 e. The number of ether oxygens (including phenoxy) is 1. The molecule has 0 unspecified atom stereocenters. The van der Waals surface area contributed by atoms with E-state index in [0.29, 0.717) is 5.75 Å². The Morgan fingerprint density at radius 3 is 2.35 bits per heavy atom. The second-order valence-electron chi connectivity index (χ2n) is 9.86. The van der Waals surface area contributed by atoms with Crippen LogP contribution in [0.2, 0.25) is 0 Å². The number of benzene rings is 1. The zero-order chi connectivity index (χ0) is 25.9. The molecule has 1 fully saturated rings. The van der Waals surface area contributed by atoms with Crippen LogP contribution in [0.3, 0.4) is 0 Å². The van der Waals surface area contributed by atoms with E-state index in [2.05, 4.69) is 5.32 Å². The van der Waals surface area contributed by atoms with Crippen molar-refractivity contribution in [3.05, 3.63) is 29.8 Å². The first-order valence-electron chi connectivity index (χ1n) is 10.8. The van der Waals surface area contributed by atoms with Gasteiger partial charge >= 0.3 is 6.09 Å². The molecule has 0 radical (unpaired) electrons. The smallest absolute Gasteiger partial charge is 0.408 e. The van der Waals surface area contributed by atoms with Crippen molar-refractivity contribution in [1.82, 2.24) is 10.2 Å². The number of nitrogens with zero attached hydrogens (tertiary/aromatic N) is 2. The topological polar surface area (TPSA) is 117 Å². The van der Waals surface area contributed by atoms with Gasteiger partial charge in [0.25, 0.3) is 0 Å². The van der Waals surface area contributed by atoms with Crippen LogP contribution < -0.4 is 5.32 Å². The Kier molecular flexibility index (Phi) is 8.64. The monoisotopic (exact) mass is 513 g/mol. The third-order valence-electron chi connectivity index (χ3n) is 5.25. The summed E-state index contributed by atoms with van der Waals surface area (Å²) in [4.78, 5) is 27.4. The molecule has 1 heterocycles. The number of rotatable bonds is 7. The van der Waals surface area contributed by atoms with Crippen LogP contribution in [0.4, 0.5) is 9.18 Å². The highest BCUT2D eigenvalue weighted by Gasteiger charge is 2.45. The minimum absolute atomic E-state index is 0.0678. The van der Waals surface area contributed by atoms with Crippen molar-refractivity contribution in [1.29, 1.82) is 5.26 Å². The quantitative estimate of drug-likeness (QED) is 0.593. The molecule has 3 atom stereocenters. The molecule has 34 heavy (non-hydrogen) atoms. The van der Waals surface area contributed by atoms with Gasteiger partial charge in [0.15, 0.2) is 9.84 Å². The van der Waals surface area contributed by atoms with E-state index in [1.165, 1.54) is 28.8 Å². The lowest BCUT2D eigenvalue weighted by atomic mass is 10.0. The largest absolute Gasteiger partial charge is 0.444 e. The van der Waals surface area contributed by atoms with Crippen molar-refractivity contribution in [2.45, 2.75) is 80.3 Å². The molecule has 1 N–H and O–H groups in total. The van der Waals surface area contributed by atoms with Gasteiger partial charge in [-0.2, -0.15) is 5.26 Å². The number of thioether (sulfide) groups is 1. The van der Waals surface area contributed by atoms with Crippen LogP contribution in [-0.4, -0.2) is 66.7 Å². The van der Waals surface area contributed by atoms with Gasteiger partial charge in [-0.15, -0.1) is 11.8 Å². The number of sulfone groups is 1. The number of alkyl carbamates (subject to hydrolysis) is 1. The molecule has 0 aliphatic carbocycles. The van der Waals surface area contributed by atoms with E-state index in [1.54, 1.807) is 46.8 Å². The highest BCUT2D eigenvalue weighted by molar-refractivity contribution is 7.99. The number of nitriles is 1. The Morgan fingerprint density at radius 2 is 1.85 bits per heavy atom. The van der Waals surface area contributed by atoms with E-state index >= 15 is 0 Å². The summed E-state index contributed by atoms with van der Waals surface area (Å²) in [6, 6.07) is 6.38. The molecule has 0 aromatic heterocycles. The molecule has 2 rings (SSSR count). The fraction of sp³-hybridized carbons (Fsp3) is 0.609. The summed E-state index contributed by atoms with van der Waals surface area (Å²) in [5.41, 5.74) is 0.0391. The van der Waals surface area contributed by atoms with Crippen LogP contribution in [-0.2, 0) is 25.1 Å². The van der Waals surface area contributed by atoms with Crippen molar-refractivity contribution in [2.75, 3.05) is 12.8 Å². The average Bonchev–Trinajstić information content (AvgIpc) is 3.09. The summed E-state index contributed by atoms with van der Waals surface area (Å²) in [5, 5.41) is 12.0. The SMILES string of the molecule is CC(C)(C)OC(=O)N[C@H](C(=O)N1C[C@@H](F)C[C@H]1C#N)C(C)(C)SCc1ccc(S(C)(=O)=O)cc1. The van der Waals surface area contributed by atoms with Gasteiger partial charge < -0.3 is 15.0 Å². The predicted molar refractivity (Wildman–Crippen MR) is 129 cm³/mol. The zero-order valence-electron chi connectivity index (χ0n) is 20.3. The molecule has 1 aliphatic rings. The number of alkyl halides is 1.